The molecule has 0 aliphatic carbocycles. The number of allylic oxidation sites excluding steroid dienone is 1. The SMILES string of the molecule is C=CCCC(F)CO[Si](C)(C)C(C)(C)C. The van der Waals surface area contributed by atoms with Crippen LogP contribution in [0, 0.1) is 0 Å². The van der Waals surface area contributed by atoms with E-state index in [0.717, 1.165) is 6.42 Å². The molecular formula is C12H25FOSi. The molecule has 0 radical (unpaired) electrons. The normalized spacial score (nSPS) is 15.1. The third kappa shape index (κ3) is 5.47. The van der Waals surface area contributed by atoms with Crippen molar-refractivity contribution < 1.29 is 8.82 Å². The molecule has 1 unspecified atom stereocenters. The summed E-state index contributed by atoms with van der Waals surface area (Å²) in [5.41, 5.74) is 0. The first-order chi connectivity index (χ1) is 6.70. The Kier molecular flexibility index (Phi) is 5.74. The number of hydrogen-bond acceptors (Lipinski definition) is 1. The summed E-state index contributed by atoms with van der Waals surface area (Å²) < 4.78 is 19.1. The van der Waals surface area contributed by atoms with E-state index >= 15 is 0 Å². The second kappa shape index (κ2) is 5.80. The Morgan fingerprint density at radius 3 is 2.33 bits per heavy atom. The van der Waals surface area contributed by atoms with Gasteiger partial charge in [-0.25, -0.2) is 4.39 Å². The molecular weight excluding hydrogens is 207 g/mol. The van der Waals surface area contributed by atoms with E-state index in [0.29, 0.717) is 6.42 Å². The fourth-order valence-electron chi connectivity index (χ4n) is 0.897. The Balaban J connectivity index is 3.98. The van der Waals surface area contributed by atoms with Crippen molar-refractivity contribution in [3.05, 3.63) is 12.7 Å². The van der Waals surface area contributed by atoms with Crippen molar-refractivity contribution in [1.82, 2.24) is 0 Å². The Labute approximate surface area is 94.8 Å². The second-order valence-corrected chi connectivity index (χ2v) is 10.3. The van der Waals surface area contributed by atoms with Crippen LogP contribution in [0.4, 0.5) is 4.39 Å². The molecule has 0 aliphatic heterocycles. The first-order valence-corrected chi connectivity index (χ1v) is 8.50. The van der Waals surface area contributed by atoms with Gasteiger partial charge in [-0.2, -0.15) is 0 Å². The van der Waals surface area contributed by atoms with Crippen molar-refractivity contribution in [2.45, 2.75) is 57.9 Å². The quantitative estimate of drug-likeness (QED) is 0.490. The average molecular weight is 232 g/mol. The molecule has 0 rings (SSSR count). The first kappa shape index (κ1) is 14.8. The lowest BCUT2D eigenvalue weighted by Gasteiger charge is -2.36. The summed E-state index contributed by atoms with van der Waals surface area (Å²) in [7, 11) is -1.77. The minimum absolute atomic E-state index is 0.158. The molecule has 0 amide bonds. The highest BCUT2D eigenvalue weighted by molar-refractivity contribution is 6.74. The van der Waals surface area contributed by atoms with Gasteiger partial charge in [0.05, 0.1) is 6.61 Å². The van der Waals surface area contributed by atoms with E-state index in [1.165, 1.54) is 0 Å². The van der Waals surface area contributed by atoms with Gasteiger partial charge in [-0.05, 0) is 31.0 Å². The van der Waals surface area contributed by atoms with E-state index in [-0.39, 0.29) is 11.6 Å². The van der Waals surface area contributed by atoms with Crippen molar-refractivity contribution in [3.8, 4) is 0 Å². The topological polar surface area (TPSA) is 9.23 Å². The summed E-state index contributed by atoms with van der Waals surface area (Å²) in [6.07, 6.45) is 2.15. The molecule has 0 fully saturated rings. The third-order valence-electron chi connectivity index (χ3n) is 3.12. The Bertz CT molecular complexity index is 196. The Morgan fingerprint density at radius 1 is 1.40 bits per heavy atom. The van der Waals surface area contributed by atoms with Crippen molar-refractivity contribution in [2.75, 3.05) is 6.61 Å². The molecule has 0 aromatic heterocycles. The zero-order chi connectivity index (χ0) is 12.1. The second-order valence-electron chi connectivity index (χ2n) is 5.53. The lowest BCUT2D eigenvalue weighted by Crippen LogP contribution is -2.42. The Hall–Kier alpha value is -0.153. The zero-order valence-corrected chi connectivity index (χ0v) is 11.8. The number of rotatable bonds is 6. The van der Waals surface area contributed by atoms with E-state index in [4.69, 9.17) is 4.43 Å². The van der Waals surface area contributed by atoms with E-state index in [1.807, 2.05) is 0 Å². The van der Waals surface area contributed by atoms with Crippen molar-refractivity contribution >= 4 is 8.32 Å². The maximum Gasteiger partial charge on any atom is 0.192 e. The molecule has 0 N–H and O–H groups in total. The monoisotopic (exact) mass is 232 g/mol. The number of hydrogen-bond donors (Lipinski definition) is 0. The highest BCUT2D eigenvalue weighted by atomic mass is 28.4. The molecule has 1 atom stereocenters. The molecule has 0 saturated heterocycles. The van der Waals surface area contributed by atoms with Crippen LogP contribution in [0.5, 0.6) is 0 Å². The van der Waals surface area contributed by atoms with Crippen LogP contribution in [0.2, 0.25) is 18.1 Å². The van der Waals surface area contributed by atoms with Gasteiger partial charge in [0.15, 0.2) is 8.32 Å². The predicted molar refractivity (Wildman–Crippen MR) is 67.5 cm³/mol. The first-order valence-electron chi connectivity index (χ1n) is 5.59. The minimum atomic E-state index is -1.77. The van der Waals surface area contributed by atoms with Crippen LogP contribution >= 0.6 is 0 Å². The molecule has 0 spiro atoms. The highest BCUT2D eigenvalue weighted by Gasteiger charge is 2.37. The van der Waals surface area contributed by atoms with Gasteiger partial charge >= 0.3 is 0 Å². The molecule has 0 aliphatic rings. The van der Waals surface area contributed by atoms with Crippen molar-refractivity contribution in [3.63, 3.8) is 0 Å². The summed E-state index contributed by atoms with van der Waals surface area (Å²) in [4.78, 5) is 0. The standard InChI is InChI=1S/C12H25FOSi/c1-7-8-9-11(13)10-14-15(5,6)12(2,3)4/h7,11H,1,8-10H2,2-6H3. The Morgan fingerprint density at radius 2 is 1.93 bits per heavy atom. The van der Waals surface area contributed by atoms with Gasteiger partial charge in [-0.15, -0.1) is 6.58 Å². The molecule has 0 bridgehead atoms. The van der Waals surface area contributed by atoms with Gasteiger partial charge in [-0.1, -0.05) is 26.8 Å². The van der Waals surface area contributed by atoms with Gasteiger partial charge in [-0.3, -0.25) is 0 Å². The maximum absolute atomic E-state index is 13.4. The van der Waals surface area contributed by atoms with Crippen LogP contribution in [0.25, 0.3) is 0 Å². The van der Waals surface area contributed by atoms with Crippen LogP contribution in [-0.4, -0.2) is 21.1 Å². The molecule has 15 heavy (non-hydrogen) atoms. The summed E-state index contributed by atoms with van der Waals surface area (Å²) >= 11 is 0. The third-order valence-corrected chi connectivity index (χ3v) is 7.62. The summed E-state index contributed by atoms with van der Waals surface area (Å²) in [6.45, 7) is 14.6. The van der Waals surface area contributed by atoms with Crippen LogP contribution in [-0.2, 0) is 4.43 Å². The van der Waals surface area contributed by atoms with E-state index in [2.05, 4.69) is 40.4 Å². The van der Waals surface area contributed by atoms with Crippen molar-refractivity contribution in [2.24, 2.45) is 0 Å². The summed E-state index contributed by atoms with van der Waals surface area (Å²) in [5.74, 6) is 0. The van der Waals surface area contributed by atoms with Crippen LogP contribution in [0.1, 0.15) is 33.6 Å². The molecule has 0 aromatic carbocycles. The van der Waals surface area contributed by atoms with Crippen LogP contribution < -0.4 is 0 Å². The van der Waals surface area contributed by atoms with Crippen molar-refractivity contribution in [1.29, 1.82) is 0 Å². The molecule has 0 heterocycles. The summed E-state index contributed by atoms with van der Waals surface area (Å²) in [6, 6.07) is 0. The molecule has 90 valence electrons. The van der Waals surface area contributed by atoms with Gasteiger partial charge in [0, 0.05) is 0 Å². The smallest absolute Gasteiger partial charge is 0.192 e. The highest BCUT2D eigenvalue weighted by Crippen LogP contribution is 2.36. The lowest BCUT2D eigenvalue weighted by molar-refractivity contribution is 0.175. The van der Waals surface area contributed by atoms with Crippen LogP contribution in [0.15, 0.2) is 12.7 Å². The fourth-order valence-corrected chi connectivity index (χ4v) is 1.93. The molecule has 0 aromatic rings. The molecule has 1 nitrogen and oxygen atoms in total. The van der Waals surface area contributed by atoms with Gasteiger partial charge in [0.1, 0.15) is 6.17 Å². The minimum Gasteiger partial charge on any atom is -0.414 e. The number of alkyl halides is 1. The fraction of sp³-hybridized carbons (Fsp3) is 0.833. The average Bonchev–Trinajstić information content (AvgIpc) is 2.09. The molecule has 3 heteroatoms. The maximum atomic E-state index is 13.4. The largest absolute Gasteiger partial charge is 0.414 e. The van der Waals surface area contributed by atoms with Gasteiger partial charge in [0.2, 0.25) is 0 Å². The van der Waals surface area contributed by atoms with Crippen LogP contribution in [0.3, 0.4) is 0 Å². The molecule has 0 saturated carbocycles. The predicted octanol–water partition coefficient (Wildman–Crippen LogP) is 4.31. The van der Waals surface area contributed by atoms with E-state index in [9.17, 15) is 4.39 Å². The van der Waals surface area contributed by atoms with E-state index < -0.39 is 14.5 Å². The van der Waals surface area contributed by atoms with E-state index in [1.54, 1.807) is 6.08 Å². The van der Waals surface area contributed by atoms with Gasteiger partial charge in [0.25, 0.3) is 0 Å². The lowest BCUT2D eigenvalue weighted by atomic mass is 10.2. The zero-order valence-electron chi connectivity index (χ0n) is 10.8. The number of halogens is 1. The summed E-state index contributed by atoms with van der Waals surface area (Å²) in [5, 5.41) is 0.158. The van der Waals surface area contributed by atoms with Gasteiger partial charge < -0.3 is 4.43 Å².